The number of rotatable bonds is 4. The number of anilines is 1. The highest BCUT2D eigenvalue weighted by atomic mass is 32.2. The van der Waals surface area contributed by atoms with Gasteiger partial charge in [-0.2, -0.15) is 4.72 Å². The Kier molecular flexibility index (Phi) is 4.03. The van der Waals surface area contributed by atoms with E-state index in [1.165, 1.54) is 6.07 Å². The van der Waals surface area contributed by atoms with Crippen LogP contribution in [0.3, 0.4) is 0 Å². The summed E-state index contributed by atoms with van der Waals surface area (Å²) in [6.07, 6.45) is 0.470. The van der Waals surface area contributed by atoms with Gasteiger partial charge >= 0.3 is 0 Å². The van der Waals surface area contributed by atoms with Crippen LogP contribution in [0.4, 0.5) is 5.69 Å². The van der Waals surface area contributed by atoms with Crippen LogP contribution in [-0.4, -0.2) is 26.9 Å². The molecule has 1 aromatic heterocycles. The highest BCUT2D eigenvalue weighted by Crippen LogP contribution is 2.24. The molecule has 2 aromatic rings. The molecule has 0 aliphatic carbocycles. The van der Waals surface area contributed by atoms with Crippen LogP contribution in [0.25, 0.3) is 0 Å². The van der Waals surface area contributed by atoms with Gasteiger partial charge in [-0.3, -0.25) is 4.79 Å². The third kappa shape index (κ3) is 2.92. The Morgan fingerprint density at radius 3 is 2.59 bits per heavy atom. The van der Waals surface area contributed by atoms with Crippen molar-refractivity contribution in [1.29, 1.82) is 0 Å². The summed E-state index contributed by atoms with van der Waals surface area (Å²) in [6, 6.07) is 10.1. The van der Waals surface area contributed by atoms with E-state index in [-0.39, 0.29) is 10.1 Å². The largest absolute Gasteiger partial charge is 0.311 e. The maximum atomic E-state index is 12.4. The zero-order valence-electron chi connectivity index (χ0n) is 12.0. The third-order valence-corrected chi connectivity index (χ3v) is 6.48. The van der Waals surface area contributed by atoms with Crippen molar-refractivity contribution >= 4 is 33.0 Å². The Morgan fingerprint density at radius 1 is 1.23 bits per heavy atom. The van der Waals surface area contributed by atoms with Crippen LogP contribution < -0.4 is 9.62 Å². The monoisotopic (exact) mass is 336 g/mol. The van der Waals surface area contributed by atoms with Crippen LogP contribution in [0.15, 0.2) is 46.0 Å². The molecule has 0 saturated carbocycles. The molecule has 7 heteroatoms. The lowest BCUT2D eigenvalue weighted by Gasteiger charge is -2.17. The van der Waals surface area contributed by atoms with E-state index in [1.807, 2.05) is 31.2 Å². The number of hydrogen-bond donors (Lipinski definition) is 1. The first kappa shape index (κ1) is 15.2. The topological polar surface area (TPSA) is 66.5 Å². The number of benzene rings is 1. The molecule has 1 fully saturated rings. The first-order chi connectivity index (χ1) is 10.5. The van der Waals surface area contributed by atoms with E-state index >= 15 is 0 Å². The zero-order chi connectivity index (χ0) is 15.7. The number of aryl methyl sites for hydroxylation is 1. The second kappa shape index (κ2) is 5.83. The van der Waals surface area contributed by atoms with Gasteiger partial charge in [0.05, 0.1) is 0 Å². The van der Waals surface area contributed by atoms with Gasteiger partial charge in [0, 0.05) is 12.2 Å². The molecule has 5 nitrogen and oxygen atoms in total. The molecule has 2 heterocycles. The molecule has 0 radical (unpaired) electrons. The van der Waals surface area contributed by atoms with Crippen molar-refractivity contribution in [3.63, 3.8) is 0 Å². The van der Waals surface area contributed by atoms with E-state index in [2.05, 4.69) is 4.72 Å². The van der Waals surface area contributed by atoms with E-state index in [9.17, 15) is 13.2 Å². The van der Waals surface area contributed by atoms with Crippen molar-refractivity contribution in [2.75, 3.05) is 11.4 Å². The first-order valence-corrected chi connectivity index (χ1v) is 9.27. The summed E-state index contributed by atoms with van der Waals surface area (Å²) in [5, 5.41) is 1.70. The molecule has 1 amide bonds. The van der Waals surface area contributed by atoms with Gasteiger partial charge in [0.15, 0.2) is 0 Å². The van der Waals surface area contributed by atoms with E-state index in [1.54, 1.807) is 16.3 Å². The number of sulfonamides is 1. The molecule has 3 rings (SSSR count). The standard InChI is InChI=1S/C15H16N2O3S2/c1-11-4-6-12(7-5-11)17-9-8-13(15(17)18)16-22(19,20)14-3-2-10-21-14/h2-7,10,13,16H,8-9H2,1H3. The average Bonchev–Trinajstić information content (AvgIpc) is 3.12. The van der Waals surface area contributed by atoms with Crippen LogP contribution >= 0.6 is 11.3 Å². The fraction of sp³-hybridized carbons (Fsp3) is 0.267. The van der Waals surface area contributed by atoms with Crippen molar-refractivity contribution in [3.8, 4) is 0 Å². The number of thiophene rings is 1. The highest BCUT2D eigenvalue weighted by molar-refractivity contribution is 7.91. The summed E-state index contributed by atoms with van der Waals surface area (Å²) in [4.78, 5) is 14.1. The van der Waals surface area contributed by atoms with Crippen LogP contribution in [-0.2, 0) is 14.8 Å². The second-order valence-electron chi connectivity index (χ2n) is 5.22. The van der Waals surface area contributed by atoms with Crippen LogP contribution in [0.2, 0.25) is 0 Å². The predicted octanol–water partition coefficient (Wildman–Crippen LogP) is 2.14. The van der Waals surface area contributed by atoms with Gasteiger partial charge in [-0.25, -0.2) is 8.42 Å². The molecule has 1 N–H and O–H groups in total. The maximum absolute atomic E-state index is 12.4. The summed E-state index contributed by atoms with van der Waals surface area (Å²) >= 11 is 1.14. The summed E-state index contributed by atoms with van der Waals surface area (Å²) in [6.45, 7) is 2.49. The van der Waals surface area contributed by atoms with E-state index < -0.39 is 16.1 Å². The summed E-state index contributed by atoms with van der Waals surface area (Å²) in [7, 11) is -3.62. The third-order valence-electron chi connectivity index (χ3n) is 3.61. The Hall–Kier alpha value is -1.70. The minimum atomic E-state index is -3.62. The Balaban J connectivity index is 1.75. The number of carbonyl (C=O) groups excluding carboxylic acids is 1. The minimum absolute atomic E-state index is 0.205. The lowest BCUT2D eigenvalue weighted by molar-refractivity contribution is -0.118. The molecule has 116 valence electrons. The van der Waals surface area contributed by atoms with E-state index in [0.717, 1.165) is 22.6 Å². The Labute approximate surface area is 133 Å². The second-order valence-corrected chi connectivity index (χ2v) is 8.11. The average molecular weight is 336 g/mol. The molecule has 1 unspecified atom stereocenters. The molecule has 0 bridgehead atoms. The van der Waals surface area contributed by atoms with Gasteiger partial charge in [0.2, 0.25) is 5.91 Å². The van der Waals surface area contributed by atoms with E-state index in [0.29, 0.717) is 13.0 Å². The molecule has 22 heavy (non-hydrogen) atoms. The van der Waals surface area contributed by atoms with Crippen molar-refractivity contribution in [3.05, 3.63) is 47.3 Å². The molecule has 1 saturated heterocycles. The number of nitrogens with zero attached hydrogens (tertiary/aromatic N) is 1. The summed E-state index contributed by atoms with van der Waals surface area (Å²) in [5.74, 6) is -0.205. The minimum Gasteiger partial charge on any atom is -0.311 e. The van der Waals surface area contributed by atoms with E-state index in [4.69, 9.17) is 0 Å². The van der Waals surface area contributed by atoms with Gasteiger partial charge in [-0.1, -0.05) is 23.8 Å². The molecular weight excluding hydrogens is 320 g/mol. The molecule has 1 aliphatic heterocycles. The summed E-state index contributed by atoms with van der Waals surface area (Å²) < 4.78 is 27.2. The van der Waals surface area contributed by atoms with Gasteiger partial charge in [-0.05, 0) is 36.9 Å². The van der Waals surface area contributed by atoms with Crippen molar-refractivity contribution in [2.45, 2.75) is 23.6 Å². The smallest absolute Gasteiger partial charge is 0.250 e. The first-order valence-electron chi connectivity index (χ1n) is 6.91. The SMILES string of the molecule is Cc1ccc(N2CCC(NS(=O)(=O)c3cccs3)C2=O)cc1. The lowest BCUT2D eigenvalue weighted by atomic mass is 10.2. The molecule has 0 spiro atoms. The predicted molar refractivity (Wildman–Crippen MR) is 86.6 cm³/mol. The number of amides is 1. The Morgan fingerprint density at radius 2 is 1.95 bits per heavy atom. The quantitative estimate of drug-likeness (QED) is 0.930. The van der Waals surface area contributed by atoms with Gasteiger partial charge < -0.3 is 4.90 Å². The number of hydrogen-bond acceptors (Lipinski definition) is 4. The fourth-order valence-electron chi connectivity index (χ4n) is 2.43. The van der Waals surface area contributed by atoms with Gasteiger partial charge in [-0.15, -0.1) is 11.3 Å². The van der Waals surface area contributed by atoms with Crippen LogP contribution in [0.1, 0.15) is 12.0 Å². The summed E-state index contributed by atoms with van der Waals surface area (Å²) in [5.41, 5.74) is 1.92. The highest BCUT2D eigenvalue weighted by Gasteiger charge is 2.35. The van der Waals surface area contributed by atoms with Gasteiger partial charge in [0.1, 0.15) is 10.3 Å². The van der Waals surface area contributed by atoms with Crippen LogP contribution in [0, 0.1) is 6.92 Å². The molecule has 1 aromatic carbocycles. The Bertz CT molecular complexity index is 768. The normalized spacial score (nSPS) is 18.9. The van der Waals surface area contributed by atoms with Crippen molar-refractivity contribution in [1.82, 2.24) is 4.72 Å². The lowest BCUT2D eigenvalue weighted by Crippen LogP contribution is -2.41. The van der Waals surface area contributed by atoms with Crippen molar-refractivity contribution in [2.24, 2.45) is 0 Å². The van der Waals surface area contributed by atoms with Crippen LogP contribution in [0.5, 0.6) is 0 Å². The van der Waals surface area contributed by atoms with Gasteiger partial charge in [0.25, 0.3) is 10.0 Å². The maximum Gasteiger partial charge on any atom is 0.250 e. The fourth-order valence-corrected chi connectivity index (χ4v) is 4.67. The number of carbonyl (C=O) groups is 1. The van der Waals surface area contributed by atoms with Crippen molar-refractivity contribution < 1.29 is 13.2 Å². The number of nitrogens with one attached hydrogen (secondary N) is 1. The zero-order valence-corrected chi connectivity index (χ0v) is 13.7. The molecule has 1 aliphatic rings. The molecule has 1 atom stereocenters. The molecular formula is C15H16N2O3S2.